The normalized spacial score (nSPS) is 29.4. The van der Waals surface area contributed by atoms with E-state index in [1.165, 1.54) is 7.11 Å². The lowest BCUT2D eigenvalue weighted by Gasteiger charge is -2.38. The Balaban J connectivity index is 2.88. The number of aliphatic hydroxyl groups excluding tert-OH is 1. The predicted molar refractivity (Wildman–Crippen MR) is 70.5 cm³/mol. The van der Waals surface area contributed by atoms with E-state index >= 15 is 0 Å². The first-order valence-corrected chi connectivity index (χ1v) is 6.29. The summed E-state index contributed by atoms with van der Waals surface area (Å²) in [6.45, 7) is 8.88. The molecule has 0 amide bonds. The largest absolute Gasteiger partial charge is 0.388 e. The summed E-state index contributed by atoms with van der Waals surface area (Å²) >= 11 is 0. The summed E-state index contributed by atoms with van der Waals surface area (Å²) in [6.07, 6.45) is -0.189. The number of carbonyl (C=O) groups is 1. The van der Waals surface area contributed by atoms with Crippen LogP contribution >= 0.6 is 0 Å². The van der Waals surface area contributed by atoms with Crippen molar-refractivity contribution in [3.63, 3.8) is 0 Å². The highest BCUT2D eigenvalue weighted by Crippen LogP contribution is 2.37. The average molecular weight is 270 g/mol. The summed E-state index contributed by atoms with van der Waals surface area (Å²) < 4.78 is 10.8. The van der Waals surface area contributed by atoms with E-state index in [1.807, 2.05) is 6.92 Å². The van der Waals surface area contributed by atoms with Gasteiger partial charge in [-0.05, 0) is 17.6 Å². The predicted octanol–water partition coefficient (Wildman–Crippen LogP) is 0.953. The van der Waals surface area contributed by atoms with Crippen LogP contribution < -0.4 is 0 Å². The van der Waals surface area contributed by atoms with Gasteiger partial charge in [0.15, 0.2) is 12.1 Å². The first-order chi connectivity index (χ1) is 8.87. The maximum Gasteiger partial charge on any atom is 0.190 e. The van der Waals surface area contributed by atoms with Crippen molar-refractivity contribution in [2.24, 2.45) is 0 Å². The molecule has 1 aliphatic carbocycles. The van der Waals surface area contributed by atoms with Crippen LogP contribution in [-0.2, 0) is 14.3 Å². The van der Waals surface area contributed by atoms with Gasteiger partial charge in [-0.3, -0.25) is 4.79 Å². The third-order valence-corrected chi connectivity index (χ3v) is 3.45. The zero-order chi connectivity index (χ0) is 14.6. The molecule has 1 saturated carbocycles. The maximum absolute atomic E-state index is 11.7. The SMILES string of the molecule is C=C1CC(O)(C(=O)CO)CC(OC(CC)OC)C1=C. The molecule has 0 aliphatic heterocycles. The lowest BCUT2D eigenvalue weighted by Crippen LogP contribution is -2.48. The van der Waals surface area contributed by atoms with Gasteiger partial charge in [0.25, 0.3) is 0 Å². The molecule has 0 aromatic carbocycles. The fraction of sp³-hybridized carbons (Fsp3) is 0.643. The molecule has 19 heavy (non-hydrogen) atoms. The van der Waals surface area contributed by atoms with E-state index in [4.69, 9.17) is 14.6 Å². The minimum absolute atomic E-state index is 0.0596. The second-order valence-corrected chi connectivity index (χ2v) is 4.82. The Labute approximate surface area is 113 Å². The molecule has 2 N–H and O–H groups in total. The first-order valence-electron chi connectivity index (χ1n) is 6.29. The molecule has 1 aliphatic rings. The van der Waals surface area contributed by atoms with E-state index < -0.39 is 30.4 Å². The van der Waals surface area contributed by atoms with E-state index in [1.54, 1.807) is 0 Å². The van der Waals surface area contributed by atoms with Crippen LogP contribution in [0.15, 0.2) is 24.3 Å². The van der Waals surface area contributed by atoms with Gasteiger partial charge >= 0.3 is 0 Å². The van der Waals surface area contributed by atoms with Crippen LogP contribution in [0.5, 0.6) is 0 Å². The van der Waals surface area contributed by atoms with Crippen LogP contribution in [0.4, 0.5) is 0 Å². The van der Waals surface area contributed by atoms with Crippen LogP contribution in [0.1, 0.15) is 26.2 Å². The number of aliphatic hydroxyl groups is 2. The Morgan fingerprint density at radius 1 is 1.58 bits per heavy atom. The molecule has 3 unspecified atom stereocenters. The molecule has 0 spiro atoms. The Morgan fingerprint density at radius 2 is 2.21 bits per heavy atom. The quantitative estimate of drug-likeness (QED) is 0.703. The van der Waals surface area contributed by atoms with Gasteiger partial charge < -0.3 is 19.7 Å². The average Bonchev–Trinajstić information content (AvgIpc) is 2.40. The Bertz CT molecular complexity index is 372. The molecular weight excluding hydrogens is 248 g/mol. The third-order valence-electron chi connectivity index (χ3n) is 3.45. The Kier molecular flexibility index (Phi) is 5.43. The first kappa shape index (κ1) is 16.0. The maximum atomic E-state index is 11.7. The van der Waals surface area contributed by atoms with Gasteiger partial charge in [0.05, 0.1) is 6.10 Å². The van der Waals surface area contributed by atoms with E-state index in [-0.39, 0.29) is 12.8 Å². The van der Waals surface area contributed by atoms with Crippen molar-refractivity contribution >= 4 is 5.78 Å². The van der Waals surface area contributed by atoms with Crippen molar-refractivity contribution in [1.82, 2.24) is 0 Å². The van der Waals surface area contributed by atoms with Crippen molar-refractivity contribution < 1.29 is 24.5 Å². The fourth-order valence-electron chi connectivity index (χ4n) is 2.19. The summed E-state index contributed by atoms with van der Waals surface area (Å²) in [7, 11) is 1.53. The lowest BCUT2D eigenvalue weighted by molar-refractivity contribution is -0.170. The number of rotatable bonds is 6. The number of ether oxygens (including phenoxy) is 2. The molecule has 1 rings (SSSR count). The lowest BCUT2D eigenvalue weighted by atomic mass is 9.76. The molecular formula is C14H22O5. The van der Waals surface area contributed by atoms with Gasteiger partial charge in [0, 0.05) is 20.0 Å². The number of ketones is 1. The summed E-state index contributed by atoms with van der Waals surface area (Å²) in [5, 5.41) is 19.3. The van der Waals surface area contributed by atoms with Crippen LogP contribution in [-0.4, -0.2) is 47.7 Å². The van der Waals surface area contributed by atoms with E-state index in [2.05, 4.69) is 13.2 Å². The van der Waals surface area contributed by atoms with Crippen molar-refractivity contribution in [2.45, 2.75) is 44.2 Å². The van der Waals surface area contributed by atoms with Crippen LogP contribution in [0.2, 0.25) is 0 Å². The summed E-state index contributed by atoms with van der Waals surface area (Å²) in [6, 6.07) is 0. The summed E-state index contributed by atoms with van der Waals surface area (Å²) in [5.74, 6) is -0.625. The number of methoxy groups -OCH3 is 1. The zero-order valence-electron chi connectivity index (χ0n) is 11.5. The molecule has 5 nitrogen and oxygen atoms in total. The standard InChI is InChI=1S/C14H22O5/c1-5-13(18-4)19-11-7-14(17,12(16)8-15)6-9(2)10(11)3/h11,13,15,17H,2-3,5-8H2,1,4H3. The second kappa shape index (κ2) is 6.43. The van der Waals surface area contributed by atoms with Gasteiger partial charge in [-0.1, -0.05) is 20.1 Å². The molecule has 0 heterocycles. The van der Waals surface area contributed by atoms with Crippen LogP contribution in [0.25, 0.3) is 0 Å². The number of hydrogen-bond donors (Lipinski definition) is 2. The molecule has 108 valence electrons. The second-order valence-electron chi connectivity index (χ2n) is 4.82. The third kappa shape index (κ3) is 3.51. The molecule has 0 aromatic rings. The fourth-order valence-corrected chi connectivity index (χ4v) is 2.19. The smallest absolute Gasteiger partial charge is 0.190 e. The minimum atomic E-state index is -1.64. The van der Waals surface area contributed by atoms with Gasteiger partial charge in [-0.25, -0.2) is 0 Å². The van der Waals surface area contributed by atoms with Gasteiger partial charge in [0.2, 0.25) is 0 Å². The van der Waals surface area contributed by atoms with Crippen molar-refractivity contribution in [2.75, 3.05) is 13.7 Å². The monoisotopic (exact) mass is 270 g/mol. The molecule has 1 fully saturated rings. The van der Waals surface area contributed by atoms with Crippen LogP contribution in [0, 0.1) is 0 Å². The number of Topliss-reactive ketones (excluding diaryl/α,β-unsaturated/α-hetero) is 1. The Morgan fingerprint density at radius 3 is 2.68 bits per heavy atom. The molecule has 3 atom stereocenters. The van der Waals surface area contributed by atoms with Crippen molar-refractivity contribution in [3.8, 4) is 0 Å². The van der Waals surface area contributed by atoms with Gasteiger partial charge in [-0.2, -0.15) is 0 Å². The molecule has 0 bridgehead atoms. The van der Waals surface area contributed by atoms with Crippen molar-refractivity contribution in [1.29, 1.82) is 0 Å². The van der Waals surface area contributed by atoms with Gasteiger partial charge in [-0.15, -0.1) is 0 Å². The van der Waals surface area contributed by atoms with E-state index in [9.17, 15) is 9.90 Å². The zero-order valence-corrected chi connectivity index (χ0v) is 11.5. The highest BCUT2D eigenvalue weighted by atomic mass is 16.7. The molecule has 0 aromatic heterocycles. The summed E-state index contributed by atoms with van der Waals surface area (Å²) in [4.78, 5) is 11.7. The topological polar surface area (TPSA) is 76.0 Å². The Hall–Kier alpha value is -1.01. The summed E-state index contributed by atoms with van der Waals surface area (Å²) in [5.41, 5.74) is -0.415. The highest BCUT2D eigenvalue weighted by Gasteiger charge is 2.44. The molecule has 5 heteroatoms. The van der Waals surface area contributed by atoms with E-state index in [0.29, 0.717) is 17.6 Å². The molecule has 0 saturated heterocycles. The minimum Gasteiger partial charge on any atom is -0.388 e. The van der Waals surface area contributed by atoms with Crippen LogP contribution in [0.3, 0.4) is 0 Å². The number of hydrogen-bond acceptors (Lipinski definition) is 5. The number of carbonyl (C=O) groups excluding carboxylic acids is 1. The van der Waals surface area contributed by atoms with E-state index in [0.717, 1.165) is 0 Å². The van der Waals surface area contributed by atoms with Gasteiger partial charge in [0.1, 0.15) is 12.2 Å². The van der Waals surface area contributed by atoms with Crippen molar-refractivity contribution in [3.05, 3.63) is 24.3 Å². The highest BCUT2D eigenvalue weighted by molar-refractivity contribution is 5.89. The molecule has 0 radical (unpaired) electrons.